The molecule has 6 nitrogen and oxygen atoms in total. The van der Waals surface area contributed by atoms with Gasteiger partial charge in [-0.1, -0.05) is 18.2 Å². The second kappa shape index (κ2) is 6.05. The van der Waals surface area contributed by atoms with Crippen molar-refractivity contribution in [3.8, 4) is 0 Å². The number of anilines is 1. The second-order valence-electron chi connectivity index (χ2n) is 8.47. The summed E-state index contributed by atoms with van der Waals surface area (Å²) >= 11 is 0. The first-order chi connectivity index (χ1) is 13.7. The summed E-state index contributed by atoms with van der Waals surface area (Å²) in [6.07, 6.45) is 4.00. The van der Waals surface area contributed by atoms with Crippen LogP contribution < -0.4 is 4.90 Å². The molecule has 0 radical (unpaired) electrons. The maximum Gasteiger partial charge on any atom is 0.266 e. The Morgan fingerprint density at radius 3 is 2.83 bits per heavy atom. The van der Waals surface area contributed by atoms with Crippen molar-refractivity contribution in [3.63, 3.8) is 0 Å². The Morgan fingerprint density at radius 1 is 1.24 bits per heavy atom. The van der Waals surface area contributed by atoms with Crippen molar-refractivity contribution in [3.05, 3.63) is 53.1 Å². The molecule has 3 aromatic rings. The number of hydrogen-bond acceptors (Lipinski definition) is 5. The molecule has 0 unspecified atom stereocenters. The Hall–Kier alpha value is -2.90. The Labute approximate surface area is 166 Å². The molecule has 0 bridgehead atoms. The molecular formula is C21H21F2N5O. The topological polar surface area (TPSA) is 63.4 Å². The number of nitrogens with zero attached hydrogens (tertiary/aromatic N) is 5. The molecule has 1 aliphatic heterocycles. The fraction of sp³-hybridized carbons (Fsp3) is 0.429. The van der Waals surface area contributed by atoms with E-state index in [4.69, 9.17) is 0 Å². The average Bonchev–Trinajstić information content (AvgIpc) is 3.29. The Balaban J connectivity index is 1.45. The van der Waals surface area contributed by atoms with Crippen LogP contribution in [0.4, 0.5) is 14.6 Å². The first kappa shape index (κ1) is 18.1. The highest BCUT2D eigenvalue weighted by atomic mass is 19.3. The van der Waals surface area contributed by atoms with E-state index in [9.17, 15) is 13.6 Å². The molecule has 2 aliphatic rings. The molecular weight excluding hydrogens is 376 g/mol. The highest BCUT2D eigenvalue weighted by molar-refractivity contribution is 5.95. The molecule has 8 heteroatoms. The largest absolute Gasteiger partial charge is 0.347 e. The number of alkyl halides is 2. The Kier molecular flexibility index (Phi) is 3.78. The number of carbonyl (C=O) groups is 1. The summed E-state index contributed by atoms with van der Waals surface area (Å²) < 4.78 is 28.8. The third-order valence-corrected chi connectivity index (χ3v) is 6.00. The molecule has 150 valence electrons. The smallest absolute Gasteiger partial charge is 0.266 e. The zero-order valence-corrected chi connectivity index (χ0v) is 16.3. The number of rotatable bonds is 3. The molecule has 2 aromatic heterocycles. The van der Waals surface area contributed by atoms with Crippen LogP contribution in [0.3, 0.4) is 0 Å². The van der Waals surface area contributed by atoms with E-state index in [-0.39, 0.29) is 25.3 Å². The van der Waals surface area contributed by atoms with Gasteiger partial charge in [-0.2, -0.15) is 5.10 Å². The summed E-state index contributed by atoms with van der Waals surface area (Å²) in [6.45, 7) is 3.81. The number of carbonyl (C=O) groups excluding carboxylic acids is 1. The van der Waals surface area contributed by atoms with Crippen molar-refractivity contribution < 1.29 is 13.6 Å². The van der Waals surface area contributed by atoms with Gasteiger partial charge in [0.05, 0.1) is 6.54 Å². The number of aromatic nitrogens is 4. The maximum absolute atomic E-state index is 13.6. The number of fused-ring (bicyclic) bond motifs is 2. The van der Waals surface area contributed by atoms with Gasteiger partial charge in [-0.05, 0) is 30.5 Å². The third-order valence-electron chi connectivity index (χ3n) is 6.00. The Bertz CT molecular complexity index is 1140. The van der Waals surface area contributed by atoms with Gasteiger partial charge in [0.15, 0.2) is 17.3 Å². The summed E-state index contributed by atoms with van der Waals surface area (Å²) in [5.74, 6) is -1.44. The lowest BCUT2D eigenvalue weighted by Gasteiger charge is -2.17. The number of Topliss-reactive ketones (excluding diaryl/α,β-unsaturated/α-hetero) is 1. The van der Waals surface area contributed by atoms with Gasteiger partial charge in [0.25, 0.3) is 5.92 Å². The highest BCUT2D eigenvalue weighted by Crippen LogP contribution is 2.36. The molecule has 1 saturated heterocycles. The van der Waals surface area contributed by atoms with Crippen LogP contribution in [0, 0.1) is 0 Å². The fourth-order valence-corrected chi connectivity index (χ4v) is 4.30. The monoisotopic (exact) mass is 397 g/mol. The lowest BCUT2D eigenvalue weighted by Crippen LogP contribution is -2.26. The van der Waals surface area contributed by atoms with Crippen LogP contribution in [0.25, 0.3) is 5.65 Å². The van der Waals surface area contributed by atoms with Gasteiger partial charge in [0.2, 0.25) is 0 Å². The summed E-state index contributed by atoms with van der Waals surface area (Å²) in [4.78, 5) is 22.7. The molecule has 0 saturated carbocycles. The van der Waals surface area contributed by atoms with Crippen LogP contribution in [-0.4, -0.2) is 44.4 Å². The van der Waals surface area contributed by atoms with Crippen molar-refractivity contribution in [1.82, 2.24) is 19.6 Å². The third kappa shape index (κ3) is 2.97. The van der Waals surface area contributed by atoms with E-state index in [1.165, 1.54) is 0 Å². The van der Waals surface area contributed by atoms with Crippen molar-refractivity contribution in [1.29, 1.82) is 0 Å². The fourth-order valence-electron chi connectivity index (χ4n) is 4.30. The van der Waals surface area contributed by atoms with Crippen molar-refractivity contribution in [2.75, 3.05) is 18.0 Å². The van der Waals surface area contributed by atoms with E-state index >= 15 is 0 Å². The van der Waals surface area contributed by atoms with E-state index in [2.05, 4.69) is 15.1 Å². The van der Waals surface area contributed by atoms with Gasteiger partial charge in [-0.25, -0.2) is 23.3 Å². The summed E-state index contributed by atoms with van der Waals surface area (Å²) in [7, 11) is 0. The van der Waals surface area contributed by atoms with Crippen LogP contribution in [0.15, 0.2) is 30.6 Å². The molecule has 3 heterocycles. The molecule has 1 aliphatic carbocycles. The van der Waals surface area contributed by atoms with Crippen molar-refractivity contribution in [2.24, 2.45) is 0 Å². The van der Waals surface area contributed by atoms with Crippen molar-refractivity contribution >= 4 is 17.2 Å². The van der Waals surface area contributed by atoms with Gasteiger partial charge in [-0.3, -0.25) is 4.79 Å². The lowest BCUT2D eigenvalue weighted by molar-refractivity contribution is -0.121. The zero-order chi connectivity index (χ0) is 20.4. The predicted molar refractivity (Wildman–Crippen MR) is 104 cm³/mol. The predicted octanol–water partition coefficient (Wildman–Crippen LogP) is 2.96. The summed E-state index contributed by atoms with van der Waals surface area (Å²) in [6, 6.07) is 6.07. The minimum Gasteiger partial charge on any atom is -0.347 e. The second-order valence-corrected chi connectivity index (χ2v) is 8.47. The van der Waals surface area contributed by atoms with E-state index in [0.717, 1.165) is 16.7 Å². The molecule has 0 N–H and O–H groups in total. The van der Waals surface area contributed by atoms with Gasteiger partial charge >= 0.3 is 0 Å². The zero-order valence-electron chi connectivity index (χ0n) is 16.3. The van der Waals surface area contributed by atoms with E-state index in [1.807, 2.05) is 32.0 Å². The van der Waals surface area contributed by atoms with Crippen LogP contribution >= 0.6 is 0 Å². The molecule has 1 aromatic carbocycles. The van der Waals surface area contributed by atoms with Gasteiger partial charge < -0.3 is 4.90 Å². The van der Waals surface area contributed by atoms with Crippen LogP contribution in [-0.2, 0) is 23.1 Å². The van der Waals surface area contributed by atoms with Crippen LogP contribution in [0.2, 0.25) is 0 Å². The van der Waals surface area contributed by atoms with E-state index in [1.54, 1.807) is 21.8 Å². The standard InChI is InChI=1S/C21H21F2N5O/c1-20(2)15-4-3-13(9-14(15)11-16(20)29)10-17-25-19-18(24-6-8-28(19)26-17)27-7-5-21(22,23)12-27/h3-4,6,8-9H,5,7,10-12H2,1-2H3. The molecule has 0 amide bonds. The molecule has 29 heavy (non-hydrogen) atoms. The van der Waals surface area contributed by atoms with Crippen LogP contribution in [0.1, 0.15) is 42.8 Å². The molecule has 1 fully saturated rings. The quantitative estimate of drug-likeness (QED) is 0.680. The Morgan fingerprint density at radius 2 is 2.07 bits per heavy atom. The minimum atomic E-state index is -2.70. The number of halogens is 2. The lowest BCUT2D eigenvalue weighted by atomic mass is 9.85. The SMILES string of the molecule is CC1(C)C(=O)Cc2cc(Cc3nc4c(N5CCC(F)(F)C5)nccn4n3)ccc21. The van der Waals surface area contributed by atoms with E-state index in [0.29, 0.717) is 30.1 Å². The van der Waals surface area contributed by atoms with Gasteiger partial charge in [0.1, 0.15) is 5.78 Å². The first-order valence-electron chi connectivity index (χ1n) is 9.72. The number of ketones is 1. The molecule has 0 spiro atoms. The van der Waals surface area contributed by atoms with Crippen LogP contribution in [0.5, 0.6) is 0 Å². The highest BCUT2D eigenvalue weighted by Gasteiger charge is 2.40. The average molecular weight is 397 g/mol. The maximum atomic E-state index is 13.6. The molecule has 0 atom stereocenters. The molecule has 5 rings (SSSR count). The van der Waals surface area contributed by atoms with Gasteiger partial charge in [0, 0.05) is 43.6 Å². The minimum absolute atomic E-state index is 0.180. The number of benzene rings is 1. The van der Waals surface area contributed by atoms with E-state index < -0.39 is 11.3 Å². The summed E-state index contributed by atoms with van der Waals surface area (Å²) in [5.41, 5.74) is 3.21. The normalized spacial score (nSPS) is 19.9. The first-order valence-corrected chi connectivity index (χ1v) is 9.72. The summed E-state index contributed by atoms with van der Waals surface area (Å²) in [5, 5.41) is 4.50. The number of hydrogen-bond donors (Lipinski definition) is 0. The van der Waals surface area contributed by atoms with Crippen molar-refractivity contribution in [2.45, 2.75) is 44.4 Å². The van der Waals surface area contributed by atoms with Gasteiger partial charge in [-0.15, -0.1) is 0 Å².